The molecule has 1 atom stereocenters. The van der Waals surface area contributed by atoms with Crippen LogP contribution in [0.25, 0.3) is 11.3 Å². The number of rotatable bonds is 11. The van der Waals surface area contributed by atoms with E-state index in [4.69, 9.17) is 4.98 Å². The summed E-state index contributed by atoms with van der Waals surface area (Å²) in [5.74, 6) is -0.137. The first-order valence-electron chi connectivity index (χ1n) is 18.2. The first-order chi connectivity index (χ1) is 24.7. The molecule has 1 unspecified atom stereocenters. The summed E-state index contributed by atoms with van der Waals surface area (Å²) in [4.78, 5) is 53.5. The number of carbonyl (C=O) groups is 2. The van der Waals surface area contributed by atoms with E-state index in [-0.39, 0.29) is 30.5 Å². The molecule has 11 heteroatoms. The number of nitrogens with one attached hydrogen (secondary N) is 1. The maximum Gasteiger partial charge on any atom is 0.272 e. The Labute approximate surface area is 304 Å². The van der Waals surface area contributed by atoms with Gasteiger partial charge in [-0.3, -0.25) is 19.3 Å². The van der Waals surface area contributed by atoms with Crippen LogP contribution in [0.2, 0.25) is 0 Å². The number of thiophene rings is 1. The van der Waals surface area contributed by atoms with Crippen LogP contribution >= 0.6 is 11.3 Å². The first kappa shape index (κ1) is 36.6. The Morgan fingerprint density at radius 3 is 2.51 bits per heavy atom. The zero-order valence-corrected chi connectivity index (χ0v) is 31.1. The highest BCUT2D eigenvalue weighted by Crippen LogP contribution is 2.32. The lowest BCUT2D eigenvalue weighted by Gasteiger charge is -2.39. The molecule has 1 saturated heterocycles. The van der Waals surface area contributed by atoms with Gasteiger partial charge in [0.15, 0.2) is 0 Å². The number of benzene rings is 2. The molecule has 1 aliphatic heterocycles. The molecular formula is C40H50N6O4S. The highest BCUT2D eigenvalue weighted by molar-refractivity contribution is 7.14. The number of likely N-dealkylation sites (N-methyl/N-ethyl adjacent to an activating group) is 2. The van der Waals surface area contributed by atoms with Crippen molar-refractivity contribution < 1.29 is 14.7 Å². The van der Waals surface area contributed by atoms with Crippen LogP contribution in [0.4, 0.5) is 5.69 Å². The third-order valence-corrected chi connectivity index (χ3v) is 11.6. The number of amides is 2. The number of hydrogen-bond acceptors (Lipinski definition) is 8. The van der Waals surface area contributed by atoms with E-state index in [1.807, 2.05) is 49.4 Å². The normalized spacial score (nSPS) is 15.9. The fourth-order valence-corrected chi connectivity index (χ4v) is 8.40. The SMILES string of the molecule is CCN1CCN(C(C(=O)N(C)CCO)c2ccc(Cc3nc(-c4cccc(NC(=O)c5cc6c(s5)CCCCC6)c4C)cn(C)c3=O)cc2)CC1. The quantitative estimate of drug-likeness (QED) is 0.210. The average Bonchev–Trinajstić information content (AvgIpc) is 3.42. The van der Waals surface area contributed by atoms with Gasteiger partial charge in [0.25, 0.3) is 11.5 Å². The summed E-state index contributed by atoms with van der Waals surface area (Å²) in [7, 11) is 3.47. The van der Waals surface area contributed by atoms with Crippen molar-refractivity contribution >= 4 is 28.8 Å². The predicted molar refractivity (Wildman–Crippen MR) is 204 cm³/mol. The highest BCUT2D eigenvalue weighted by Gasteiger charge is 2.32. The Kier molecular flexibility index (Phi) is 11.8. The van der Waals surface area contributed by atoms with E-state index in [1.165, 1.54) is 29.7 Å². The van der Waals surface area contributed by atoms with Gasteiger partial charge in [0.2, 0.25) is 5.91 Å². The number of fused-ring (bicyclic) bond motifs is 1. The van der Waals surface area contributed by atoms with Gasteiger partial charge in [-0.25, -0.2) is 4.98 Å². The number of hydrogen-bond donors (Lipinski definition) is 2. The standard InChI is InChI=1S/C40H50N6O4S/c1-5-45-18-20-46(21-19-45)37(40(50)43(3)22-23-47)29-16-14-28(15-17-29)24-33-39(49)44(4)26-34(41-33)31-11-9-12-32(27(31)2)42-38(48)36-25-30-10-7-6-8-13-35(30)51-36/h9,11-12,14-17,25-26,37,47H,5-8,10,13,18-24H2,1-4H3,(H,42,48). The molecule has 1 fully saturated rings. The Bertz CT molecular complexity index is 1890. The second-order valence-corrected chi connectivity index (χ2v) is 15.0. The molecular weight excluding hydrogens is 661 g/mol. The van der Waals surface area contributed by atoms with Crippen LogP contribution in [0.3, 0.4) is 0 Å². The van der Waals surface area contributed by atoms with Gasteiger partial charge < -0.3 is 24.8 Å². The zero-order valence-electron chi connectivity index (χ0n) is 30.3. The molecule has 1 aliphatic carbocycles. The number of carbonyl (C=O) groups excluding carboxylic acids is 2. The van der Waals surface area contributed by atoms with Crippen LogP contribution in [0, 0.1) is 6.92 Å². The third-order valence-electron chi connectivity index (χ3n) is 10.4. The Hall–Kier alpha value is -4.16. The molecule has 2 aromatic carbocycles. The molecule has 3 heterocycles. The molecule has 0 spiro atoms. The predicted octanol–water partition coefficient (Wildman–Crippen LogP) is 5.06. The molecule has 0 radical (unpaired) electrons. The van der Waals surface area contributed by atoms with Crippen LogP contribution in [-0.4, -0.2) is 94.1 Å². The van der Waals surface area contributed by atoms with Crippen molar-refractivity contribution in [2.75, 3.05) is 58.2 Å². The van der Waals surface area contributed by atoms with E-state index in [0.717, 1.165) is 78.4 Å². The second-order valence-electron chi connectivity index (χ2n) is 13.8. The van der Waals surface area contributed by atoms with E-state index in [9.17, 15) is 19.5 Å². The molecule has 2 aliphatic rings. The molecule has 2 aromatic heterocycles. The van der Waals surface area contributed by atoms with E-state index in [2.05, 4.69) is 28.1 Å². The number of anilines is 1. The largest absolute Gasteiger partial charge is 0.395 e. The number of aryl methyl sites for hydroxylation is 3. The Morgan fingerprint density at radius 1 is 1.04 bits per heavy atom. The fraction of sp³-hybridized carbons (Fsp3) is 0.450. The van der Waals surface area contributed by atoms with Crippen molar-refractivity contribution in [3.05, 3.63) is 103 Å². The van der Waals surface area contributed by atoms with Gasteiger partial charge in [-0.05, 0) is 73.5 Å². The van der Waals surface area contributed by atoms with E-state index in [1.54, 1.807) is 41.1 Å². The van der Waals surface area contributed by atoms with Gasteiger partial charge in [0, 0.05) is 75.6 Å². The number of aliphatic hydroxyl groups is 1. The topological polar surface area (TPSA) is 111 Å². The minimum atomic E-state index is -0.450. The molecule has 4 aromatic rings. The number of aliphatic hydroxyl groups excluding tert-OH is 1. The average molecular weight is 711 g/mol. The fourth-order valence-electron chi connectivity index (χ4n) is 7.25. The second kappa shape index (κ2) is 16.5. The summed E-state index contributed by atoms with van der Waals surface area (Å²) in [5.41, 5.74) is 6.47. The number of piperazine rings is 1. The minimum Gasteiger partial charge on any atom is -0.395 e. The smallest absolute Gasteiger partial charge is 0.272 e. The molecule has 2 N–H and O–H groups in total. The first-order valence-corrected chi connectivity index (χ1v) is 19.0. The number of nitrogens with zero attached hydrogens (tertiary/aromatic N) is 5. The lowest BCUT2D eigenvalue weighted by molar-refractivity contribution is -0.137. The summed E-state index contributed by atoms with van der Waals surface area (Å²) in [6.45, 7) is 8.66. The van der Waals surface area contributed by atoms with Crippen LogP contribution < -0.4 is 10.9 Å². The van der Waals surface area contributed by atoms with E-state index in [0.29, 0.717) is 17.8 Å². The molecule has 51 heavy (non-hydrogen) atoms. The lowest BCUT2D eigenvalue weighted by Crippen LogP contribution is -2.51. The summed E-state index contributed by atoms with van der Waals surface area (Å²) in [5, 5.41) is 12.6. The molecule has 6 rings (SSSR count). The highest BCUT2D eigenvalue weighted by atomic mass is 32.1. The summed E-state index contributed by atoms with van der Waals surface area (Å²) >= 11 is 1.61. The molecule has 10 nitrogen and oxygen atoms in total. The number of aromatic nitrogens is 2. The van der Waals surface area contributed by atoms with Crippen molar-refractivity contribution in [1.82, 2.24) is 24.3 Å². The molecule has 0 bridgehead atoms. The van der Waals surface area contributed by atoms with Crippen LogP contribution in [-0.2, 0) is 31.1 Å². The van der Waals surface area contributed by atoms with Crippen LogP contribution in [0.15, 0.2) is 59.5 Å². The van der Waals surface area contributed by atoms with Crippen molar-refractivity contribution in [2.24, 2.45) is 7.05 Å². The molecule has 270 valence electrons. The maximum atomic E-state index is 13.6. The third kappa shape index (κ3) is 8.33. The molecule has 2 amide bonds. The van der Waals surface area contributed by atoms with Crippen molar-refractivity contribution in [1.29, 1.82) is 0 Å². The minimum absolute atomic E-state index is 0.0382. The summed E-state index contributed by atoms with van der Waals surface area (Å²) in [6.07, 6.45) is 7.76. The zero-order chi connectivity index (χ0) is 36.1. The van der Waals surface area contributed by atoms with Gasteiger partial charge in [0.05, 0.1) is 17.2 Å². The van der Waals surface area contributed by atoms with Crippen molar-refractivity contribution in [2.45, 2.75) is 58.4 Å². The summed E-state index contributed by atoms with van der Waals surface area (Å²) < 4.78 is 1.57. The van der Waals surface area contributed by atoms with Gasteiger partial charge in [-0.2, -0.15) is 0 Å². The van der Waals surface area contributed by atoms with Gasteiger partial charge >= 0.3 is 0 Å². The Morgan fingerprint density at radius 2 is 1.78 bits per heavy atom. The van der Waals surface area contributed by atoms with Crippen LogP contribution in [0.5, 0.6) is 0 Å². The Balaban J connectivity index is 1.22. The maximum absolute atomic E-state index is 13.6. The molecule has 0 saturated carbocycles. The van der Waals surface area contributed by atoms with Crippen molar-refractivity contribution in [3.63, 3.8) is 0 Å². The van der Waals surface area contributed by atoms with Gasteiger partial charge in [-0.15, -0.1) is 11.3 Å². The van der Waals surface area contributed by atoms with E-state index >= 15 is 0 Å². The van der Waals surface area contributed by atoms with Gasteiger partial charge in [-0.1, -0.05) is 49.7 Å². The van der Waals surface area contributed by atoms with E-state index < -0.39 is 6.04 Å². The summed E-state index contributed by atoms with van der Waals surface area (Å²) in [6, 6.07) is 15.3. The monoisotopic (exact) mass is 710 g/mol. The lowest BCUT2D eigenvalue weighted by atomic mass is 9.99. The van der Waals surface area contributed by atoms with Crippen LogP contribution in [0.1, 0.15) is 74.7 Å². The van der Waals surface area contributed by atoms with Gasteiger partial charge in [0.1, 0.15) is 11.7 Å². The van der Waals surface area contributed by atoms with Crippen molar-refractivity contribution in [3.8, 4) is 11.3 Å².